The Morgan fingerprint density at radius 2 is 1.54 bits per heavy atom. The van der Waals surface area contributed by atoms with Gasteiger partial charge in [0.15, 0.2) is 0 Å². The average molecular weight is 334 g/mol. The molecule has 26 heavy (non-hydrogen) atoms. The second kappa shape index (κ2) is 5.09. The van der Waals surface area contributed by atoms with Crippen LogP contribution in [-0.2, 0) is 5.41 Å². The minimum Gasteiger partial charge on any atom is -0.308 e. The smallest absolute Gasteiger partial charge is 0.101 e. The van der Waals surface area contributed by atoms with Crippen molar-refractivity contribution < 1.29 is 0 Å². The van der Waals surface area contributed by atoms with E-state index in [1.54, 1.807) is 0 Å². The van der Waals surface area contributed by atoms with Crippen LogP contribution in [-0.4, -0.2) is 4.57 Å². The Labute approximate surface area is 152 Å². The molecule has 1 aromatic heterocycles. The molecule has 1 heterocycles. The van der Waals surface area contributed by atoms with E-state index in [2.05, 4.69) is 73.0 Å². The third-order valence-electron chi connectivity index (χ3n) is 5.62. The molecule has 0 radical (unpaired) electrons. The zero-order chi connectivity index (χ0) is 17.9. The van der Waals surface area contributed by atoms with E-state index < -0.39 is 0 Å². The van der Waals surface area contributed by atoms with E-state index in [0.717, 1.165) is 11.2 Å². The van der Waals surface area contributed by atoms with Gasteiger partial charge >= 0.3 is 0 Å². The van der Waals surface area contributed by atoms with Crippen molar-refractivity contribution in [1.29, 1.82) is 5.26 Å². The van der Waals surface area contributed by atoms with Crippen LogP contribution >= 0.6 is 0 Å². The lowest BCUT2D eigenvalue weighted by Crippen LogP contribution is -2.14. The summed E-state index contributed by atoms with van der Waals surface area (Å²) >= 11 is 0. The predicted octanol–water partition coefficient (Wildman–Crippen LogP) is 5.81. The summed E-state index contributed by atoms with van der Waals surface area (Å²) in [5.74, 6) is 0. The molecule has 3 aromatic carbocycles. The van der Waals surface area contributed by atoms with Gasteiger partial charge in [-0.25, -0.2) is 0 Å². The second-order valence-electron chi connectivity index (χ2n) is 7.38. The number of aromatic nitrogens is 1. The van der Waals surface area contributed by atoms with E-state index >= 15 is 0 Å². The van der Waals surface area contributed by atoms with Crippen molar-refractivity contribution in [2.75, 3.05) is 0 Å². The maximum absolute atomic E-state index is 9.67. The highest BCUT2D eigenvalue weighted by atomic mass is 15.0. The molecule has 2 heteroatoms. The SMILES string of the molecule is CC1(C)c2ccccc2-c2c1c1ccccc1n2-c1ccccc1C#N. The van der Waals surface area contributed by atoms with E-state index in [9.17, 15) is 5.26 Å². The molecule has 0 unspecified atom stereocenters. The lowest BCUT2D eigenvalue weighted by molar-refractivity contribution is 0.666. The molecular weight excluding hydrogens is 316 g/mol. The van der Waals surface area contributed by atoms with Crippen LogP contribution in [0.1, 0.15) is 30.5 Å². The summed E-state index contributed by atoms with van der Waals surface area (Å²) < 4.78 is 2.27. The number of fused-ring (bicyclic) bond motifs is 5. The maximum atomic E-state index is 9.67. The fourth-order valence-corrected chi connectivity index (χ4v) is 4.51. The molecule has 0 N–H and O–H groups in total. The van der Waals surface area contributed by atoms with Gasteiger partial charge in [0.25, 0.3) is 0 Å². The molecule has 0 bridgehead atoms. The van der Waals surface area contributed by atoms with E-state index in [-0.39, 0.29) is 5.41 Å². The summed E-state index contributed by atoms with van der Waals surface area (Å²) in [7, 11) is 0. The Morgan fingerprint density at radius 3 is 2.38 bits per heavy atom. The van der Waals surface area contributed by atoms with E-state index in [1.165, 1.54) is 27.8 Å². The molecule has 2 nitrogen and oxygen atoms in total. The minimum atomic E-state index is -0.0711. The van der Waals surface area contributed by atoms with Gasteiger partial charge in [-0.1, -0.05) is 68.4 Å². The fraction of sp³-hybridized carbons (Fsp3) is 0.125. The number of hydrogen-bond acceptors (Lipinski definition) is 1. The first-order chi connectivity index (χ1) is 12.6. The average Bonchev–Trinajstić information content (AvgIpc) is 3.14. The Hall–Kier alpha value is -3.31. The first-order valence-electron chi connectivity index (χ1n) is 8.88. The Bertz CT molecular complexity index is 1220. The summed E-state index contributed by atoms with van der Waals surface area (Å²) in [6.45, 7) is 4.59. The van der Waals surface area contributed by atoms with Crippen LogP contribution in [0.3, 0.4) is 0 Å². The molecule has 0 atom stereocenters. The Morgan fingerprint density at radius 1 is 0.846 bits per heavy atom. The number of benzene rings is 3. The van der Waals surface area contributed by atoms with Gasteiger partial charge in [-0.15, -0.1) is 0 Å². The topological polar surface area (TPSA) is 28.7 Å². The summed E-state index contributed by atoms with van der Waals surface area (Å²) in [4.78, 5) is 0. The van der Waals surface area contributed by atoms with Gasteiger partial charge in [-0.2, -0.15) is 5.26 Å². The Kier molecular flexibility index (Phi) is 2.94. The highest BCUT2D eigenvalue weighted by molar-refractivity contribution is 5.99. The molecule has 124 valence electrons. The van der Waals surface area contributed by atoms with Crippen molar-refractivity contribution in [1.82, 2.24) is 4.57 Å². The van der Waals surface area contributed by atoms with Crippen molar-refractivity contribution in [3.05, 3.63) is 89.5 Å². The molecule has 0 spiro atoms. The third-order valence-corrected chi connectivity index (χ3v) is 5.62. The molecule has 0 amide bonds. The highest BCUT2D eigenvalue weighted by Gasteiger charge is 2.40. The highest BCUT2D eigenvalue weighted by Crippen LogP contribution is 2.53. The molecule has 4 aromatic rings. The standard InChI is InChI=1S/C24H18N2/c1-24(2)19-12-6-4-10-17(19)23-22(24)18-11-5-8-14-21(18)26(23)20-13-7-3-9-16(20)15-25/h3-14H,1-2H3. The van der Waals surface area contributed by atoms with Crippen LogP contribution in [0, 0.1) is 11.3 Å². The predicted molar refractivity (Wildman–Crippen MR) is 106 cm³/mol. The quantitative estimate of drug-likeness (QED) is 0.432. The summed E-state index contributed by atoms with van der Waals surface area (Å²) in [5, 5.41) is 10.9. The fourth-order valence-electron chi connectivity index (χ4n) is 4.51. The zero-order valence-electron chi connectivity index (χ0n) is 14.8. The number of rotatable bonds is 1. The summed E-state index contributed by atoms with van der Waals surface area (Å²) in [5.41, 5.74) is 7.89. The van der Waals surface area contributed by atoms with Crippen LogP contribution < -0.4 is 0 Å². The lowest BCUT2D eigenvalue weighted by Gasteiger charge is -2.21. The van der Waals surface area contributed by atoms with E-state index in [0.29, 0.717) is 5.56 Å². The third kappa shape index (κ3) is 1.75. The van der Waals surface area contributed by atoms with Gasteiger partial charge in [0.05, 0.1) is 22.5 Å². The van der Waals surface area contributed by atoms with Crippen LogP contribution in [0.5, 0.6) is 0 Å². The van der Waals surface area contributed by atoms with Crippen molar-refractivity contribution >= 4 is 10.9 Å². The largest absolute Gasteiger partial charge is 0.308 e. The molecule has 1 aliphatic carbocycles. The molecule has 0 saturated carbocycles. The molecular formula is C24H18N2. The number of nitrogens with zero attached hydrogens (tertiary/aromatic N) is 2. The van der Waals surface area contributed by atoms with Crippen molar-refractivity contribution in [2.45, 2.75) is 19.3 Å². The van der Waals surface area contributed by atoms with Crippen molar-refractivity contribution in [3.8, 4) is 23.0 Å². The van der Waals surface area contributed by atoms with Gasteiger partial charge in [-0.05, 0) is 29.3 Å². The second-order valence-corrected chi connectivity index (χ2v) is 7.38. The van der Waals surface area contributed by atoms with Crippen LogP contribution in [0.15, 0.2) is 72.8 Å². The molecule has 0 saturated heterocycles. The first kappa shape index (κ1) is 15.0. The van der Waals surface area contributed by atoms with Gasteiger partial charge in [0.2, 0.25) is 0 Å². The maximum Gasteiger partial charge on any atom is 0.101 e. The molecule has 0 aliphatic heterocycles. The van der Waals surface area contributed by atoms with Gasteiger partial charge in [-0.3, -0.25) is 0 Å². The monoisotopic (exact) mass is 334 g/mol. The number of hydrogen-bond donors (Lipinski definition) is 0. The number of nitriles is 1. The zero-order valence-corrected chi connectivity index (χ0v) is 14.8. The van der Waals surface area contributed by atoms with Gasteiger partial charge < -0.3 is 4.57 Å². The van der Waals surface area contributed by atoms with Gasteiger partial charge in [0.1, 0.15) is 6.07 Å². The van der Waals surface area contributed by atoms with E-state index in [4.69, 9.17) is 0 Å². The normalized spacial score (nSPS) is 14.0. The lowest BCUT2D eigenvalue weighted by atomic mass is 9.81. The number of para-hydroxylation sites is 2. The van der Waals surface area contributed by atoms with Crippen LogP contribution in [0.2, 0.25) is 0 Å². The van der Waals surface area contributed by atoms with Crippen LogP contribution in [0.4, 0.5) is 0 Å². The molecule has 1 aliphatic rings. The van der Waals surface area contributed by atoms with Crippen LogP contribution in [0.25, 0.3) is 27.8 Å². The Balaban J connectivity index is 2.02. The van der Waals surface area contributed by atoms with Crippen molar-refractivity contribution in [3.63, 3.8) is 0 Å². The minimum absolute atomic E-state index is 0.0711. The molecule has 5 rings (SSSR count). The molecule has 0 fully saturated rings. The first-order valence-corrected chi connectivity index (χ1v) is 8.88. The van der Waals surface area contributed by atoms with Gasteiger partial charge in [0, 0.05) is 16.4 Å². The summed E-state index contributed by atoms with van der Waals surface area (Å²) in [6.07, 6.45) is 0. The van der Waals surface area contributed by atoms with E-state index in [1.807, 2.05) is 24.3 Å². The summed E-state index contributed by atoms with van der Waals surface area (Å²) in [6, 6.07) is 27.4. The van der Waals surface area contributed by atoms with Crippen molar-refractivity contribution in [2.24, 2.45) is 0 Å².